The highest BCUT2D eigenvalue weighted by Gasteiger charge is 2.17. The second-order valence-electron chi connectivity index (χ2n) is 4.67. The molecule has 0 bridgehead atoms. The number of ketones is 1. The monoisotopic (exact) mass is 292 g/mol. The fraction of sp³-hybridized carbons (Fsp3) is 0.400. The Labute approximate surface area is 111 Å². The number of allylic oxidation sites excluding steroid dienone is 2. The molecule has 1 nitrogen and oxygen atoms in total. The molecular weight excluding hydrogens is 276 g/mol. The van der Waals surface area contributed by atoms with E-state index in [0.717, 1.165) is 42.1 Å². The van der Waals surface area contributed by atoms with Crippen LogP contribution in [0.3, 0.4) is 0 Å². The van der Waals surface area contributed by atoms with Crippen LogP contribution in [-0.4, -0.2) is 5.78 Å². The van der Waals surface area contributed by atoms with Crippen molar-refractivity contribution < 1.29 is 4.79 Å². The summed E-state index contributed by atoms with van der Waals surface area (Å²) in [5, 5.41) is 0. The Kier molecular flexibility index (Phi) is 4.16. The number of rotatable bonds is 3. The summed E-state index contributed by atoms with van der Waals surface area (Å²) in [5.41, 5.74) is 3.67. The summed E-state index contributed by atoms with van der Waals surface area (Å²) in [5.74, 6) is 0.365. The molecule has 0 saturated carbocycles. The number of carbonyl (C=O) groups excluding carboxylic acids is 1. The van der Waals surface area contributed by atoms with Gasteiger partial charge in [-0.3, -0.25) is 4.79 Å². The Morgan fingerprint density at radius 2 is 2.06 bits per heavy atom. The van der Waals surface area contributed by atoms with E-state index in [0.29, 0.717) is 5.78 Å². The molecule has 2 rings (SSSR count). The normalized spacial score (nSPS) is 16.5. The van der Waals surface area contributed by atoms with E-state index in [1.54, 1.807) is 0 Å². The second-order valence-corrected chi connectivity index (χ2v) is 5.58. The summed E-state index contributed by atoms with van der Waals surface area (Å²) in [4.78, 5) is 11.8. The van der Waals surface area contributed by atoms with Crippen molar-refractivity contribution >= 4 is 21.7 Å². The van der Waals surface area contributed by atoms with E-state index >= 15 is 0 Å². The van der Waals surface area contributed by atoms with Crippen molar-refractivity contribution in [1.82, 2.24) is 0 Å². The van der Waals surface area contributed by atoms with Crippen LogP contribution in [0, 0.1) is 0 Å². The minimum atomic E-state index is 0.365. The predicted molar refractivity (Wildman–Crippen MR) is 74.0 cm³/mol. The summed E-state index contributed by atoms with van der Waals surface area (Å²) >= 11 is 3.47. The lowest BCUT2D eigenvalue weighted by Gasteiger charge is -2.16. The molecule has 0 radical (unpaired) electrons. The smallest absolute Gasteiger partial charge is 0.158 e. The van der Waals surface area contributed by atoms with Gasteiger partial charge in [0.05, 0.1) is 0 Å². The standard InChI is InChI=1S/C15H17BrO/c1-11-4-2-7-15(17)14(11)9-8-12-5-3-6-13(16)10-12/h3,5-6,10H,2,4,7-9H2,1H3. The maximum Gasteiger partial charge on any atom is 0.158 e. The molecule has 0 unspecified atom stereocenters. The summed E-state index contributed by atoms with van der Waals surface area (Å²) in [6.45, 7) is 2.10. The van der Waals surface area contributed by atoms with E-state index in [9.17, 15) is 4.79 Å². The third-order valence-electron chi connectivity index (χ3n) is 3.36. The fourth-order valence-electron chi connectivity index (χ4n) is 2.37. The molecule has 0 amide bonds. The maximum absolute atomic E-state index is 11.8. The molecule has 0 heterocycles. The molecule has 0 saturated heterocycles. The van der Waals surface area contributed by atoms with Crippen LogP contribution in [0.4, 0.5) is 0 Å². The molecule has 0 N–H and O–H groups in total. The van der Waals surface area contributed by atoms with Crippen LogP contribution in [0.5, 0.6) is 0 Å². The SMILES string of the molecule is CC1=C(CCc2cccc(Br)c2)C(=O)CCC1. The minimum absolute atomic E-state index is 0.365. The number of aryl methyl sites for hydroxylation is 1. The molecular formula is C15H17BrO. The lowest BCUT2D eigenvalue weighted by atomic mass is 9.88. The highest BCUT2D eigenvalue weighted by Crippen LogP contribution is 2.25. The van der Waals surface area contributed by atoms with Crippen LogP contribution in [0.2, 0.25) is 0 Å². The zero-order chi connectivity index (χ0) is 12.3. The fourth-order valence-corrected chi connectivity index (χ4v) is 2.82. The molecule has 0 spiro atoms. The van der Waals surface area contributed by atoms with Crippen LogP contribution in [-0.2, 0) is 11.2 Å². The van der Waals surface area contributed by atoms with Crippen molar-refractivity contribution in [3.8, 4) is 0 Å². The van der Waals surface area contributed by atoms with Gasteiger partial charge in [-0.2, -0.15) is 0 Å². The third kappa shape index (κ3) is 3.29. The van der Waals surface area contributed by atoms with Gasteiger partial charge in [-0.05, 0) is 55.9 Å². The quantitative estimate of drug-likeness (QED) is 0.804. The summed E-state index contributed by atoms with van der Waals surface area (Å²) in [6.07, 6.45) is 4.72. The third-order valence-corrected chi connectivity index (χ3v) is 3.85. The van der Waals surface area contributed by atoms with Crippen molar-refractivity contribution in [3.63, 3.8) is 0 Å². The van der Waals surface area contributed by atoms with E-state index in [4.69, 9.17) is 0 Å². The Morgan fingerprint density at radius 3 is 2.76 bits per heavy atom. The van der Waals surface area contributed by atoms with Crippen LogP contribution in [0.15, 0.2) is 39.9 Å². The Hall–Kier alpha value is -0.890. The van der Waals surface area contributed by atoms with Gasteiger partial charge < -0.3 is 0 Å². The van der Waals surface area contributed by atoms with Crippen LogP contribution in [0.25, 0.3) is 0 Å². The molecule has 1 aromatic rings. The highest BCUT2D eigenvalue weighted by molar-refractivity contribution is 9.10. The maximum atomic E-state index is 11.8. The van der Waals surface area contributed by atoms with Crippen molar-refractivity contribution in [2.75, 3.05) is 0 Å². The molecule has 0 atom stereocenters. The first-order valence-corrected chi connectivity index (χ1v) is 6.92. The predicted octanol–water partition coefficient (Wildman–Crippen LogP) is 4.45. The Balaban J connectivity index is 2.05. The molecule has 90 valence electrons. The van der Waals surface area contributed by atoms with Crippen molar-refractivity contribution in [2.24, 2.45) is 0 Å². The van der Waals surface area contributed by atoms with Crippen molar-refractivity contribution in [2.45, 2.75) is 39.0 Å². The second kappa shape index (κ2) is 5.63. The van der Waals surface area contributed by atoms with E-state index in [-0.39, 0.29) is 0 Å². The summed E-state index contributed by atoms with van der Waals surface area (Å²) in [6, 6.07) is 8.32. The number of halogens is 1. The van der Waals surface area contributed by atoms with Gasteiger partial charge in [0.1, 0.15) is 0 Å². The molecule has 2 heteroatoms. The van der Waals surface area contributed by atoms with E-state index < -0.39 is 0 Å². The van der Waals surface area contributed by atoms with E-state index in [2.05, 4.69) is 35.0 Å². The van der Waals surface area contributed by atoms with Gasteiger partial charge in [0.2, 0.25) is 0 Å². The number of benzene rings is 1. The Morgan fingerprint density at radius 1 is 1.24 bits per heavy atom. The Bertz CT molecular complexity index is 460. The lowest BCUT2D eigenvalue weighted by Crippen LogP contribution is -2.11. The molecule has 1 aliphatic rings. The first kappa shape index (κ1) is 12.6. The van der Waals surface area contributed by atoms with Gasteiger partial charge >= 0.3 is 0 Å². The first-order chi connectivity index (χ1) is 8.16. The highest BCUT2D eigenvalue weighted by atomic mass is 79.9. The number of carbonyl (C=O) groups is 1. The molecule has 17 heavy (non-hydrogen) atoms. The molecule has 1 aromatic carbocycles. The van der Waals surface area contributed by atoms with Crippen LogP contribution >= 0.6 is 15.9 Å². The van der Waals surface area contributed by atoms with Crippen molar-refractivity contribution in [1.29, 1.82) is 0 Å². The van der Waals surface area contributed by atoms with Gasteiger partial charge in [-0.15, -0.1) is 0 Å². The van der Waals surface area contributed by atoms with Gasteiger partial charge in [0.15, 0.2) is 5.78 Å². The number of Topliss-reactive ketones (excluding diaryl/α,β-unsaturated/α-hetero) is 1. The zero-order valence-corrected chi connectivity index (χ0v) is 11.7. The molecule has 0 aromatic heterocycles. The summed E-state index contributed by atoms with van der Waals surface area (Å²) in [7, 11) is 0. The summed E-state index contributed by atoms with van der Waals surface area (Å²) < 4.78 is 1.11. The average Bonchev–Trinajstić information content (AvgIpc) is 2.28. The number of hydrogen-bond acceptors (Lipinski definition) is 1. The largest absolute Gasteiger partial charge is 0.295 e. The minimum Gasteiger partial charge on any atom is -0.295 e. The average molecular weight is 293 g/mol. The topological polar surface area (TPSA) is 17.1 Å². The van der Waals surface area contributed by atoms with Crippen LogP contribution < -0.4 is 0 Å². The van der Waals surface area contributed by atoms with Gasteiger partial charge in [0.25, 0.3) is 0 Å². The van der Waals surface area contributed by atoms with Crippen molar-refractivity contribution in [3.05, 3.63) is 45.4 Å². The van der Waals surface area contributed by atoms with Crippen LogP contribution in [0.1, 0.15) is 38.2 Å². The lowest BCUT2D eigenvalue weighted by molar-refractivity contribution is -0.116. The molecule has 1 aliphatic carbocycles. The zero-order valence-electron chi connectivity index (χ0n) is 10.1. The molecule has 0 fully saturated rings. The number of hydrogen-bond donors (Lipinski definition) is 0. The molecule has 0 aliphatic heterocycles. The van der Waals surface area contributed by atoms with Gasteiger partial charge in [0, 0.05) is 10.9 Å². The van der Waals surface area contributed by atoms with Gasteiger partial charge in [-0.25, -0.2) is 0 Å². The van der Waals surface area contributed by atoms with Gasteiger partial charge in [-0.1, -0.05) is 33.6 Å². The first-order valence-electron chi connectivity index (χ1n) is 6.13. The van der Waals surface area contributed by atoms with E-state index in [1.165, 1.54) is 11.1 Å². The van der Waals surface area contributed by atoms with E-state index in [1.807, 2.05) is 12.1 Å².